The average molecular weight is 397 g/mol. The van der Waals surface area contributed by atoms with Crippen molar-refractivity contribution < 1.29 is 17.5 Å². The minimum atomic E-state index is -3.85. The van der Waals surface area contributed by atoms with Crippen LogP contribution in [-0.4, -0.2) is 25.7 Å². The average Bonchev–Trinajstić information content (AvgIpc) is 3.11. The SMILES string of the molecule is COc1ccccc1NS(=O)(=O)c1cccc(-c2n[nH]c3cc(F)ccc23)c1. The first-order chi connectivity index (χ1) is 13.5. The molecule has 28 heavy (non-hydrogen) atoms. The zero-order chi connectivity index (χ0) is 19.7. The molecule has 4 rings (SSSR count). The van der Waals surface area contributed by atoms with Gasteiger partial charge in [0.05, 0.1) is 28.9 Å². The third-order valence-corrected chi connectivity index (χ3v) is 5.66. The summed E-state index contributed by atoms with van der Waals surface area (Å²) in [4.78, 5) is 0.0779. The predicted molar refractivity (Wildman–Crippen MR) is 105 cm³/mol. The number of fused-ring (bicyclic) bond motifs is 1. The van der Waals surface area contributed by atoms with Crippen LogP contribution in [0.2, 0.25) is 0 Å². The largest absolute Gasteiger partial charge is 0.495 e. The molecule has 0 unspecified atom stereocenters. The summed E-state index contributed by atoms with van der Waals surface area (Å²) in [5, 5.41) is 7.69. The minimum absolute atomic E-state index is 0.0779. The number of nitrogens with zero attached hydrogens (tertiary/aromatic N) is 1. The van der Waals surface area contributed by atoms with Crippen molar-refractivity contribution in [1.29, 1.82) is 0 Å². The van der Waals surface area contributed by atoms with Crippen LogP contribution in [0, 0.1) is 5.82 Å². The van der Waals surface area contributed by atoms with E-state index in [1.165, 1.54) is 31.4 Å². The topological polar surface area (TPSA) is 84.1 Å². The van der Waals surface area contributed by atoms with Crippen molar-refractivity contribution in [2.75, 3.05) is 11.8 Å². The number of anilines is 1. The summed E-state index contributed by atoms with van der Waals surface area (Å²) >= 11 is 0. The van der Waals surface area contributed by atoms with E-state index in [2.05, 4.69) is 14.9 Å². The molecule has 142 valence electrons. The molecule has 0 saturated heterocycles. The number of hydrogen-bond donors (Lipinski definition) is 2. The first kappa shape index (κ1) is 18.0. The van der Waals surface area contributed by atoms with Gasteiger partial charge < -0.3 is 4.74 Å². The molecule has 0 fully saturated rings. The van der Waals surface area contributed by atoms with Gasteiger partial charge in [0.25, 0.3) is 10.0 Å². The van der Waals surface area contributed by atoms with Gasteiger partial charge in [-0.25, -0.2) is 12.8 Å². The minimum Gasteiger partial charge on any atom is -0.495 e. The zero-order valence-corrected chi connectivity index (χ0v) is 15.6. The Bertz CT molecular complexity index is 1270. The predicted octanol–water partition coefficient (Wildman–Crippen LogP) is 4.18. The highest BCUT2D eigenvalue weighted by atomic mass is 32.2. The van der Waals surface area contributed by atoms with E-state index in [4.69, 9.17) is 4.74 Å². The fraction of sp³-hybridized carbons (Fsp3) is 0.0500. The van der Waals surface area contributed by atoms with Crippen molar-refractivity contribution in [2.24, 2.45) is 0 Å². The maximum Gasteiger partial charge on any atom is 0.262 e. The molecule has 0 aliphatic rings. The van der Waals surface area contributed by atoms with Crippen molar-refractivity contribution >= 4 is 26.6 Å². The maximum absolute atomic E-state index is 13.4. The Morgan fingerprint density at radius 1 is 1.04 bits per heavy atom. The highest BCUT2D eigenvalue weighted by Crippen LogP contribution is 2.30. The molecule has 8 heteroatoms. The molecular formula is C20H16FN3O3S. The lowest BCUT2D eigenvalue weighted by molar-refractivity contribution is 0.417. The van der Waals surface area contributed by atoms with E-state index in [1.807, 2.05) is 0 Å². The molecule has 4 aromatic rings. The molecule has 0 spiro atoms. The Morgan fingerprint density at radius 2 is 1.86 bits per heavy atom. The number of aromatic amines is 1. The highest BCUT2D eigenvalue weighted by molar-refractivity contribution is 7.92. The van der Waals surface area contributed by atoms with Crippen LogP contribution in [0.3, 0.4) is 0 Å². The van der Waals surface area contributed by atoms with Crippen LogP contribution < -0.4 is 9.46 Å². The summed E-state index contributed by atoms with van der Waals surface area (Å²) in [7, 11) is -2.38. The smallest absolute Gasteiger partial charge is 0.262 e. The van der Waals surface area contributed by atoms with E-state index in [9.17, 15) is 12.8 Å². The number of ether oxygens (including phenoxy) is 1. The van der Waals surface area contributed by atoms with Crippen LogP contribution in [0.1, 0.15) is 0 Å². The van der Waals surface area contributed by atoms with Crippen LogP contribution in [0.5, 0.6) is 5.75 Å². The maximum atomic E-state index is 13.4. The number of H-pyrrole nitrogens is 1. The van der Waals surface area contributed by atoms with E-state index < -0.39 is 10.0 Å². The fourth-order valence-corrected chi connectivity index (χ4v) is 4.07. The zero-order valence-electron chi connectivity index (χ0n) is 14.8. The number of nitrogens with one attached hydrogen (secondary N) is 2. The lowest BCUT2D eigenvalue weighted by Crippen LogP contribution is -2.13. The van der Waals surface area contributed by atoms with E-state index in [0.29, 0.717) is 33.6 Å². The summed E-state index contributed by atoms with van der Waals surface area (Å²) in [6, 6.07) is 17.5. The molecule has 0 aliphatic heterocycles. The van der Waals surface area contributed by atoms with Gasteiger partial charge in [0, 0.05) is 10.9 Å². The summed E-state index contributed by atoms with van der Waals surface area (Å²) in [5.41, 5.74) is 2.02. The number of benzene rings is 3. The summed E-state index contributed by atoms with van der Waals surface area (Å²) < 4.78 is 46.8. The molecule has 1 aromatic heterocycles. The van der Waals surface area contributed by atoms with Gasteiger partial charge in [-0.2, -0.15) is 5.10 Å². The third kappa shape index (κ3) is 3.29. The lowest BCUT2D eigenvalue weighted by atomic mass is 10.1. The Hall–Kier alpha value is -3.39. The second kappa shape index (κ2) is 6.97. The first-order valence-corrected chi connectivity index (χ1v) is 9.86. The first-order valence-electron chi connectivity index (χ1n) is 8.38. The van der Waals surface area contributed by atoms with Crippen LogP contribution in [0.4, 0.5) is 10.1 Å². The molecule has 0 amide bonds. The van der Waals surface area contributed by atoms with E-state index >= 15 is 0 Å². The summed E-state index contributed by atoms with van der Waals surface area (Å²) in [5.74, 6) is 0.0441. The van der Waals surface area contributed by atoms with Crippen molar-refractivity contribution in [1.82, 2.24) is 10.2 Å². The van der Waals surface area contributed by atoms with Gasteiger partial charge in [-0.15, -0.1) is 0 Å². The summed E-state index contributed by atoms with van der Waals surface area (Å²) in [6.45, 7) is 0. The van der Waals surface area contributed by atoms with E-state index in [1.54, 1.807) is 42.5 Å². The van der Waals surface area contributed by atoms with E-state index in [-0.39, 0.29) is 10.7 Å². The highest BCUT2D eigenvalue weighted by Gasteiger charge is 2.18. The van der Waals surface area contributed by atoms with Gasteiger partial charge in [0.2, 0.25) is 0 Å². The molecule has 0 aliphatic carbocycles. The normalized spacial score (nSPS) is 11.5. The molecular weight excluding hydrogens is 381 g/mol. The molecule has 0 radical (unpaired) electrons. The van der Waals surface area contributed by atoms with Gasteiger partial charge in [0.1, 0.15) is 11.6 Å². The Kier molecular flexibility index (Phi) is 4.48. The molecule has 2 N–H and O–H groups in total. The number of rotatable bonds is 5. The monoisotopic (exact) mass is 397 g/mol. The number of hydrogen-bond acceptors (Lipinski definition) is 4. The molecule has 6 nitrogen and oxygen atoms in total. The molecule has 0 atom stereocenters. The third-order valence-electron chi connectivity index (χ3n) is 4.29. The van der Waals surface area contributed by atoms with Gasteiger partial charge >= 0.3 is 0 Å². The van der Waals surface area contributed by atoms with Crippen molar-refractivity contribution in [2.45, 2.75) is 4.90 Å². The van der Waals surface area contributed by atoms with Crippen LogP contribution in [-0.2, 0) is 10.0 Å². The molecule has 0 bridgehead atoms. The standard InChI is InChI=1S/C20H16FN3O3S/c1-27-19-8-3-2-7-17(19)24-28(25,26)15-6-4-5-13(11-15)20-16-10-9-14(21)12-18(16)22-23-20/h2-12,24H,1H3,(H,22,23). The molecule has 3 aromatic carbocycles. The molecule has 1 heterocycles. The van der Waals surface area contributed by atoms with Crippen LogP contribution in [0.25, 0.3) is 22.2 Å². The van der Waals surface area contributed by atoms with Crippen molar-refractivity contribution in [3.8, 4) is 17.0 Å². The van der Waals surface area contributed by atoms with Gasteiger partial charge in [-0.3, -0.25) is 9.82 Å². The Balaban J connectivity index is 1.73. The Labute approximate surface area is 161 Å². The number of aromatic nitrogens is 2. The fourth-order valence-electron chi connectivity index (χ4n) is 2.96. The van der Waals surface area contributed by atoms with E-state index in [0.717, 1.165) is 0 Å². The van der Waals surface area contributed by atoms with Gasteiger partial charge in [-0.1, -0.05) is 24.3 Å². The lowest BCUT2D eigenvalue weighted by Gasteiger charge is -2.12. The van der Waals surface area contributed by atoms with Crippen molar-refractivity contribution in [3.63, 3.8) is 0 Å². The quantitative estimate of drug-likeness (QED) is 0.529. The molecule has 0 saturated carbocycles. The number of para-hydroxylation sites is 2. The number of halogens is 1. The second-order valence-electron chi connectivity index (χ2n) is 6.10. The van der Waals surface area contributed by atoms with Crippen LogP contribution in [0.15, 0.2) is 71.6 Å². The van der Waals surface area contributed by atoms with Crippen molar-refractivity contribution in [3.05, 3.63) is 72.5 Å². The van der Waals surface area contributed by atoms with Gasteiger partial charge in [-0.05, 0) is 42.5 Å². The Morgan fingerprint density at radius 3 is 2.68 bits per heavy atom. The summed E-state index contributed by atoms with van der Waals surface area (Å²) in [6.07, 6.45) is 0. The second-order valence-corrected chi connectivity index (χ2v) is 7.78. The number of sulfonamides is 1. The van der Waals surface area contributed by atoms with Crippen LogP contribution >= 0.6 is 0 Å². The van der Waals surface area contributed by atoms with Gasteiger partial charge in [0.15, 0.2) is 0 Å². The number of methoxy groups -OCH3 is 1.